The number of fused-ring (bicyclic) bond motifs is 2. The summed E-state index contributed by atoms with van der Waals surface area (Å²) < 4.78 is 5.85. The first-order valence-corrected chi connectivity index (χ1v) is 8.57. The van der Waals surface area contributed by atoms with E-state index in [1.54, 1.807) is 0 Å². The molecule has 122 valence electrons. The van der Waals surface area contributed by atoms with Gasteiger partial charge in [0.05, 0.1) is 16.2 Å². The van der Waals surface area contributed by atoms with Crippen molar-refractivity contribution in [2.75, 3.05) is 13.2 Å². The highest BCUT2D eigenvalue weighted by molar-refractivity contribution is 6.32. The minimum absolute atomic E-state index is 0.682. The van der Waals surface area contributed by atoms with Gasteiger partial charge in [-0.25, -0.2) is 4.98 Å². The lowest BCUT2D eigenvalue weighted by Crippen LogP contribution is -2.26. The van der Waals surface area contributed by atoms with Gasteiger partial charge >= 0.3 is 0 Å². The predicted octanol–water partition coefficient (Wildman–Crippen LogP) is 4.59. The predicted molar refractivity (Wildman–Crippen MR) is 97.5 cm³/mol. The maximum atomic E-state index is 6.61. The Balaban J connectivity index is 1.66. The highest BCUT2D eigenvalue weighted by Gasteiger charge is 2.18. The Kier molecular flexibility index (Phi) is 4.13. The molecule has 0 spiro atoms. The number of hydrogen-bond acceptors (Lipinski definition) is 3. The molecule has 0 amide bonds. The van der Waals surface area contributed by atoms with E-state index >= 15 is 0 Å². The topological polar surface area (TPSA) is 25.4 Å². The molecule has 0 aliphatic carbocycles. The standard InChI is InChI=1S/C20H19ClN2O/c1-14-16-7-3-4-8-17(16)22-18(20(14)21)13-23-10-11-24-19-9-5-2-6-15(19)12-23/h2-9H,10-13H2,1H3. The molecule has 3 nitrogen and oxygen atoms in total. The van der Waals surface area contributed by atoms with Crippen molar-refractivity contribution in [2.24, 2.45) is 0 Å². The van der Waals surface area contributed by atoms with Gasteiger partial charge in [-0.1, -0.05) is 48.0 Å². The second kappa shape index (κ2) is 6.42. The summed E-state index contributed by atoms with van der Waals surface area (Å²) >= 11 is 6.61. The smallest absolute Gasteiger partial charge is 0.123 e. The molecule has 24 heavy (non-hydrogen) atoms. The normalized spacial score (nSPS) is 14.9. The van der Waals surface area contributed by atoms with Crippen molar-refractivity contribution in [1.82, 2.24) is 9.88 Å². The minimum Gasteiger partial charge on any atom is -0.492 e. The monoisotopic (exact) mass is 338 g/mol. The van der Waals surface area contributed by atoms with E-state index in [2.05, 4.69) is 30.0 Å². The van der Waals surface area contributed by atoms with Crippen LogP contribution in [-0.2, 0) is 13.1 Å². The molecule has 3 aromatic rings. The third kappa shape index (κ3) is 2.85. The Morgan fingerprint density at radius 3 is 2.83 bits per heavy atom. The van der Waals surface area contributed by atoms with Crippen molar-refractivity contribution in [3.8, 4) is 5.75 Å². The van der Waals surface area contributed by atoms with Gasteiger partial charge in [0.1, 0.15) is 12.4 Å². The Morgan fingerprint density at radius 1 is 1.12 bits per heavy atom. The average molecular weight is 339 g/mol. The SMILES string of the molecule is Cc1c(Cl)c(CN2CCOc3ccccc3C2)nc2ccccc12. The highest BCUT2D eigenvalue weighted by Crippen LogP contribution is 2.29. The van der Waals surface area contributed by atoms with Crippen molar-refractivity contribution < 1.29 is 4.74 Å². The third-order valence-corrected chi connectivity index (χ3v) is 5.05. The van der Waals surface area contributed by atoms with Crippen LogP contribution in [0.15, 0.2) is 48.5 Å². The zero-order valence-corrected chi connectivity index (χ0v) is 14.4. The van der Waals surface area contributed by atoms with Gasteiger partial charge in [-0.2, -0.15) is 0 Å². The zero-order valence-electron chi connectivity index (χ0n) is 13.6. The van der Waals surface area contributed by atoms with Crippen LogP contribution < -0.4 is 4.74 Å². The first-order valence-electron chi connectivity index (χ1n) is 8.19. The van der Waals surface area contributed by atoms with Crippen LogP contribution in [0, 0.1) is 6.92 Å². The first-order chi connectivity index (χ1) is 11.7. The molecule has 0 fully saturated rings. The summed E-state index contributed by atoms with van der Waals surface area (Å²) in [6.45, 7) is 5.18. The largest absolute Gasteiger partial charge is 0.492 e. The van der Waals surface area contributed by atoms with Crippen molar-refractivity contribution in [3.63, 3.8) is 0 Å². The average Bonchev–Trinajstić information content (AvgIpc) is 2.81. The summed E-state index contributed by atoms with van der Waals surface area (Å²) in [5, 5.41) is 1.89. The molecule has 1 aliphatic rings. The molecule has 2 heterocycles. The lowest BCUT2D eigenvalue weighted by Gasteiger charge is -2.20. The fourth-order valence-corrected chi connectivity index (χ4v) is 3.45. The minimum atomic E-state index is 0.682. The molecule has 0 radical (unpaired) electrons. The molecule has 4 rings (SSSR count). The van der Waals surface area contributed by atoms with Gasteiger partial charge in [0.25, 0.3) is 0 Å². The number of benzene rings is 2. The van der Waals surface area contributed by atoms with Crippen LogP contribution in [0.5, 0.6) is 5.75 Å². The Labute approximate surface area is 146 Å². The van der Waals surface area contributed by atoms with E-state index in [1.165, 1.54) is 5.56 Å². The molecule has 1 aliphatic heterocycles. The second-order valence-corrected chi connectivity index (χ2v) is 6.56. The van der Waals surface area contributed by atoms with E-state index in [0.29, 0.717) is 6.61 Å². The van der Waals surface area contributed by atoms with E-state index in [-0.39, 0.29) is 0 Å². The van der Waals surface area contributed by atoms with Crippen LogP contribution in [0.1, 0.15) is 16.8 Å². The maximum Gasteiger partial charge on any atom is 0.123 e. The first kappa shape index (κ1) is 15.4. The molecule has 0 atom stereocenters. The number of para-hydroxylation sites is 2. The molecule has 4 heteroatoms. The van der Waals surface area contributed by atoms with Crippen LogP contribution in [0.3, 0.4) is 0 Å². The van der Waals surface area contributed by atoms with E-state index in [4.69, 9.17) is 21.3 Å². The van der Waals surface area contributed by atoms with E-state index in [9.17, 15) is 0 Å². The number of aromatic nitrogens is 1. The molecule has 0 unspecified atom stereocenters. The number of hydrogen-bond donors (Lipinski definition) is 0. The van der Waals surface area contributed by atoms with Crippen molar-refractivity contribution in [1.29, 1.82) is 0 Å². The highest BCUT2D eigenvalue weighted by atomic mass is 35.5. The summed E-state index contributed by atoms with van der Waals surface area (Å²) in [4.78, 5) is 7.14. The van der Waals surface area contributed by atoms with Crippen molar-refractivity contribution in [3.05, 3.63) is 70.4 Å². The quantitative estimate of drug-likeness (QED) is 0.683. The van der Waals surface area contributed by atoms with Crippen LogP contribution in [0.4, 0.5) is 0 Å². The van der Waals surface area contributed by atoms with Crippen LogP contribution in [-0.4, -0.2) is 23.0 Å². The second-order valence-electron chi connectivity index (χ2n) is 6.18. The molecule has 0 saturated carbocycles. The molecular weight excluding hydrogens is 320 g/mol. The summed E-state index contributed by atoms with van der Waals surface area (Å²) in [6, 6.07) is 16.4. The Hall–Kier alpha value is -2.10. The summed E-state index contributed by atoms with van der Waals surface area (Å²) in [7, 11) is 0. The van der Waals surface area contributed by atoms with Crippen LogP contribution >= 0.6 is 11.6 Å². The third-order valence-electron chi connectivity index (χ3n) is 4.55. The number of halogens is 1. The molecule has 0 N–H and O–H groups in total. The van der Waals surface area contributed by atoms with Gasteiger partial charge in [0.15, 0.2) is 0 Å². The number of pyridine rings is 1. The lowest BCUT2D eigenvalue weighted by molar-refractivity contribution is 0.218. The number of ether oxygens (including phenoxy) is 1. The number of aryl methyl sites for hydroxylation is 1. The van der Waals surface area contributed by atoms with Crippen LogP contribution in [0.2, 0.25) is 5.02 Å². The molecule has 0 bridgehead atoms. The molecule has 2 aromatic carbocycles. The fraction of sp³-hybridized carbons (Fsp3) is 0.250. The lowest BCUT2D eigenvalue weighted by atomic mass is 10.1. The molecular formula is C20H19ClN2O. The van der Waals surface area contributed by atoms with Gasteiger partial charge in [-0.3, -0.25) is 4.90 Å². The van der Waals surface area contributed by atoms with Gasteiger partial charge < -0.3 is 4.74 Å². The fourth-order valence-electron chi connectivity index (χ4n) is 3.25. The van der Waals surface area contributed by atoms with E-state index in [1.807, 2.05) is 30.3 Å². The Bertz CT molecular complexity index is 894. The Morgan fingerprint density at radius 2 is 1.92 bits per heavy atom. The van der Waals surface area contributed by atoms with E-state index < -0.39 is 0 Å². The van der Waals surface area contributed by atoms with E-state index in [0.717, 1.165) is 52.6 Å². The van der Waals surface area contributed by atoms with Crippen molar-refractivity contribution >= 4 is 22.5 Å². The number of nitrogens with zero attached hydrogens (tertiary/aromatic N) is 2. The van der Waals surface area contributed by atoms with Crippen LogP contribution in [0.25, 0.3) is 10.9 Å². The van der Waals surface area contributed by atoms with Gasteiger partial charge in [0, 0.05) is 30.6 Å². The van der Waals surface area contributed by atoms with Gasteiger partial charge in [-0.05, 0) is 24.6 Å². The number of rotatable bonds is 2. The zero-order chi connectivity index (χ0) is 16.5. The summed E-state index contributed by atoms with van der Waals surface area (Å²) in [6.07, 6.45) is 0. The molecule has 0 saturated heterocycles. The van der Waals surface area contributed by atoms with Gasteiger partial charge in [0.2, 0.25) is 0 Å². The van der Waals surface area contributed by atoms with Gasteiger partial charge in [-0.15, -0.1) is 0 Å². The van der Waals surface area contributed by atoms with Crippen molar-refractivity contribution in [2.45, 2.75) is 20.0 Å². The maximum absolute atomic E-state index is 6.61. The summed E-state index contributed by atoms with van der Waals surface area (Å²) in [5.41, 5.74) is 4.25. The summed E-state index contributed by atoms with van der Waals surface area (Å²) in [5.74, 6) is 0.980. The molecule has 1 aromatic heterocycles.